The summed E-state index contributed by atoms with van der Waals surface area (Å²) in [6.45, 7) is 37.0. The number of aromatic hydroxyl groups is 1. The van der Waals surface area contributed by atoms with E-state index in [1.807, 2.05) is 24.3 Å². The molecule has 4 N–H and O–H groups in total. The highest BCUT2D eigenvalue weighted by molar-refractivity contribution is 6.74. The summed E-state index contributed by atoms with van der Waals surface area (Å²) in [5.74, 6) is -1.65. The van der Waals surface area contributed by atoms with Gasteiger partial charge in [-0.1, -0.05) is 129 Å². The summed E-state index contributed by atoms with van der Waals surface area (Å²) < 4.78 is 42.3. The number of hydrogen-bond donors (Lipinski definition) is 4. The Bertz CT molecular complexity index is 2340. The van der Waals surface area contributed by atoms with Crippen molar-refractivity contribution < 1.29 is 76.3 Å². The van der Waals surface area contributed by atoms with Gasteiger partial charge in [0, 0.05) is 12.8 Å². The summed E-state index contributed by atoms with van der Waals surface area (Å²) in [5, 5.41) is 23.3. The number of benzene rings is 3. The standard InChI is InChI=1S/C25H37NO7Si.C19H23NO7.C13H22O2Si/c1-8-16-30-22(27)15-14-21(23(28)31-17-9-2)26-24(29)33-20-12-10-19(11-13-20)18-32-34(6,7)25(3,4)5;1-3-11-25-17(22)10-9-16(18(23)26-12-4-2)20-19(24)27-15-7-5-14(13-21)6-8-15;1-13(2,3)16(4,5)15-10-11-6-8-12(14)9-7-11/h8-13,21H,1-2,14-18H2,3-7H3,(H,26,29);3-8,16,21H,1-2,9-13H2,(H,20,24);6-9,14H,10H2,1-5H3/t21-;16-;/m00./s1. The monoisotopic (exact) mass is 1110 g/mol. The smallest absolute Gasteiger partial charge is 0.413 e. The molecule has 2 amide bonds. The first-order chi connectivity index (χ1) is 36.1. The maximum absolute atomic E-state index is 12.4. The number of ether oxygens (including phenoxy) is 6. The molecular weight excluding hydrogens is 1020 g/mol. The molecule has 0 bridgehead atoms. The highest BCUT2D eigenvalue weighted by Gasteiger charge is 2.38. The Morgan fingerprint density at radius 1 is 0.519 bits per heavy atom. The average Bonchev–Trinajstić information content (AvgIpc) is 3.37. The van der Waals surface area contributed by atoms with Crippen LogP contribution in [0.5, 0.6) is 17.2 Å². The predicted octanol–water partition coefficient (Wildman–Crippen LogP) is 10.7. The maximum atomic E-state index is 12.4. The van der Waals surface area contributed by atoms with Crippen molar-refractivity contribution in [2.75, 3.05) is 26.4 Å². The van der Waals surface area contributed by atoms with Gasteiger partial charge in [0.1, 0.15) is 55.8 Å². The number of phenolic OH excluding ortho intramolecular Hbond substituents is 1. The van der Waals surface area contributed by atoms with Crippen molar-refractivity contribution in [3.05, 3.63) is 140 Å². The van der Waals surface area contributed by atoms with Crippen molar-refractivity contribution in [3.63, 3.8) is 0 Å². The molecule has 20 heteroatoms. The van der Waals surface area contributed by atoms with Crippen LogP contribution in [0.3, 0.4) is 0 Å². The van der Waals surface area contributed by atoms with E-state index >= 15 is 0 Å². The van der Waals surface area contributed by atoms with E-state index in [0.717, 1.165) is 11.1 Å². The Morgan fingerprint density at radius 2 is 0.831 bits per heavy atom. The van der Waals surface area contributed by atoms with E-state index in [1.165, 1.54) is 36.4 Å². The number of phenols is 1. The number of nitrogens with one attached hydrogen (secondary N) is 2. The van der Waals surface area contributed by atoms with Crippen LogP contribution in [0.1, 0.15) is 83.9 Å². The number of aliphatic hydroxyl groups is 1. The molecule has 424 valence electrons. The summed E-state index contributed by atoms with van der Waals surface area (Å²) in [6.07, 6.45) is 3.69. The Hall–Kier alpha value is -6.85. The van der Waals surface area contributed by atoms with Gasteiger partial charge in [0.05, 0.1) is 19.8 Å². The molecule has 3 rings (SSSR count). The van der Waals surface area contributed by atoms with E-state index in [0.29, 0.717) is 30.3 Å². The molecule has 3 aromatic rings. The number of esters is 4. The summed E-state index contributed by atoms with van der Waals surface area (Å²) in [5.41, 5.74) is 2.73. The van der Waals surface area contributed by atoms with Crippen LogP contribution in [0, 0.1) is 0 Å². The van der Waals surface area contributed by atoms with E-state index in [-0.39, 0.29) is 74.5 Å². The number of rotatable bonds is 27. The van der Waals surface area contributed by atoms with Crippen LogP contribution in [0.4, 0.5) is 9.59 Å². The molecule has 2 atom stereocenters. The fourth-order valence-electron chi connectivity index (χ4n) is 5.38. The van der Waals surface area contributed by atoms with Crippen molar-refractivity contribution >= 4 is 52.7 Å². The quantitative estimate of drug-likeness (QED) is 0.0240. The molecule has 0 saturated carbocycles. The Labute approximate surface area is 457 Å². The molecular formula is C57H82N2O16Si2. The predicted molar refractivity (Wildman–Crippen MR) is 300 cm³/mol. The second kappa shape index (κ2) is 34.7. The molecule has 0 aliphatic carbocycles. The van der Waals surface area contributed by atoms with Crippen molar-refractivity contribution in [3.8, 4) is 17.2 Å². The third kappa shape index (κ3) is 28.2. The van der Waals surface area contributed by atoms with Gasteiger partial charge in [-0.3, -0.25) is 9.59 Å². The Balaban J connectivity index is 0.000000613. The third-order valence-electron chi connectivity index (χ3n) is 12.0. The van der Waals surface area contributed by atoms with Crippen molar-refractivity contribution in [2.45, 2.75) is 135 Å². The number of hydrogen-bond acceptors (Lipinski definition) is 16. The fourth-order valence-corrected chi connectivity index (χ4v) is 7.30. The maximum Gasteiger partial charge on any atom is 0.413 e. The lowest BCUT2D eigenvalue weighted by Gasteiger charge is -2.36. The zero-order valence-electron chi connectivity index (χ0n) is 46.6. The lowest BCUT2D eigenvalue weighted by molar-refractivity contribution is -0.147. The first kappa shape index (κ1) is 68.2. The van der Waals surface area contributed by atoms with Crippen molar-refractivity contribution in [2.24, 2.45) is 0 Å². The lowest BCUT2D eigenvalue weighted by atomic mass is 10.1. The molecule has 0 saturated heterocycles. The summed E-state index contributed by atoms with van der Waals surface area (Å²) in [4.78, 5) is 72.0. The Kier molecular flexibility index (Phi) is 30.8. The molecule has 3 aromatic carbocycles. The van der Waals surface area contributed by atoms with E-state index in [1.54, 1.807) is 36.4 Å². The first-order valence-electron chi connectivity index (χ1n) is 25.0. The highest BCUT2D eigenvalue weighted by Crippen LogP contribution is 2.38. The van der Waals surface area contributed by atoms with Crippen molar-refractivity contribution in [1.29, 1.82) is 0 Å². The largest absolute Gasteiger partial charge is 0.508 e. The van der Waals surface area contributed by atoms with Crippen LogP contribution in [0.2, 0.25) is 36.3 Å². The van der Waals surface area contributed by atoms with Crippen LogP contribution in [-0.4, -0.2) is 101 Å². The zero-order chi connectivity index (χ0) is 58.2. The molecule has 0 spiro atoms. The second-order valence-electron chi connectivity index (χ2n) is 20.2. The molecule has 0 aromatic heterocycles. The van der Waals surface area contributed by atoms with Gasteiger partial charge in [-0.25, -0.2) is 19.2 Å². The molecule has 0 fully saturated rings. The van der Waals surface area contributed by atoms with Crippen LogP contribution < -0.4 is 20.1 Å². The molecule has 0 unspecified atom stereocenters. The number of carbonyl (C=O) groups is 6. The number of aliphatic hydroxyl groups excluding tert-OH is 1. The van der Waals surface area contributed by atoms with E-state index in [9.17, 15) is 33.9 Å². The van der Waals surface area contributed by atoms with Gasteiger partial charge in [-0.2, -0.15) is 0 Å². The molecule has 0 heterocycles. The van der Waals surface area contributed by atoms with Crippen LogP contribution >= 0.6 is 0 Å². The summed E-state index contributed by atoms with van der Waals surface area (Å²) in [6, 6.07) is 18.2. The molecule has 77 heavy (non-hydrogen) atoms. The minimum Gasteiger partial charge on any atom is -0.508 e. The minimum absolute atomic E-state index is 0.00915. The molecule has 0 aliphatic rings. The number of amides is 2. The third-order valence-corrected chi connectivity index (χ3v) is 21.0. The van der Waals surface area contributed by atoms with Gasteiger partial charge in [0.2, 0.25) is 0 Å². The van der Waals surface area contributed by atoms with E-state index in [4.69, 9.17) is 42.4 Å². The van der Waals surface area contributed by atoms with E-state index < -0.39 is 64.8 Å². The number of carbonyl (C=O) groups excluding carboxylic acids is 6. The van der Waals surface area contributed by atoms with Gasteiger partial charge >= 0.3 is 36.1 Å². The zero-order valence-corrected chi connectivity index (χ0v) is 48.6. The van der Waals surface area contributed by atoms with Gasteiger partial charge < -0.3 is 58.1 Å². The second-order valence-corrected chi connectivity index (χ2v) is 29.9. The van der Waals surface area contributed by atoms with Crippen molar-refractivity contribution in [1.82, 2.24) is 10.6 Å². The normalized spacial score (nSPS) is 11.9. The van der Waals surface area contributed by atoms with Crippen LogP contribution in [-0.2, 0) is 66.8 Å². The SMILES string of the molecule is C=CCOC(=O)CC[C@H](NC(=O)Oc1ccc(CO)cc1)C(=O)OCC=C.C=CCOC(=O)CC[C@H](NC(=O)Oc1ccc(CO[Si](C)(C)C(C)(C)C)cc1)C(=O)OCC=C.CC(C)(C)[Si](C)(C)OCc1ccc(O)cc1. The molecule has 18 nitrogen and oxygen atoms in total. The van der Waals surface area contributed by atoms with Gasteiger partial charge in [0.15, 0.2) is 16.6 Å². The van der Waals surface area contributed by atoms with Crippen LogP contribution in [0.25, 0.3) is 0 Å². The lowest BCUT2D eigenvalue weighted by Crippen LogP contribution is -2.43. The topological polar surface area (TPSA) is 241 Å². The molecule has 0 aliphatic heterocycles. The van der Waals surface area contributed by atoms with Crippen LogP contribution in [0.15, 0.2) is 123 Å². The van der Waals surface area contributed by atoms with Gasteiger partial charge in [-0.15, -0.1) is 0 Å². The highest BCUT2D eigenvalue weighted by atomic mass is 28.4. The fraction of sp³-hybridized carbons (Fsp3) is 0.439. The summed E-state index contributed by atoms with van der Waals surface area (Å²) >= 11 is 0. The van der Waals surface area contributed by atoms with E-state index in [2.05, 4.69) is 105 Å². The molecule has 0 radical (unpaired) electrons. The minimum atomic E-state index is -1.87. The van der Waals surface area contributed by atoms with Gasteiger partial charge in [-0.05, 0) is 102 Å². The summed E-state index contributed by atoms with van der Waals surface area (Å²) in [7, 11) is -3.54. The first-order valence-corrected chi connectivity index (χ1v) is 30.8. The average molecular weight is 1110 g/mol. The van der Waals surface area contributed by atoms with Gasteiger partial charge in [0.25, 0.3) is 0 Å². The Morgan fingerprint density at radius 3 is 1.14 bits per heavy atom.